The van der Waals surface area contributed by atoms with E-state index in [4.69, 9.17) is 4.74 Å². The Labute approximate surface area is 145 Å². The van der Waals surface area contributed by atoms with Gasteiger partial charge in [0, 0.05) is 24.5 Å². The van der Waals surface area contributed by atoms with E-state index in [0.29, 0.717) is 6.54 Å². The third-order valence-electron chi connectivity index (χ3n) is 3.74. The minimum atomic E-state index is -0.803. The standard InChI is InChI=1S/C18H21N3O2S/c1-18(2,22)10-21(3)16-15-14(9-24-17(15)20-11-19-16)12-5-7-13(23-4)8-6-12/h5-9,11,22H,10H2,1-4H3. The molecule has 0 unspecified atom stereocenters. The maximum atomic E-state index is 10.1. The lowest BCUT2D eigenvalue weighted by atomic mass is 10.1. The Morgan fingerprint density at radius 3 is 2.54 bits per heavy atom. The van der Waals surface area contributed by atoms with Crippen molar-refractivity contribution in [3.8, 4) is 16.9 Å². The van der Waals surface area contributed by atoms with Crippen LogP contribution < -0.4 is 9.64 Å². The number of hydrogen-bond donors (Lipinski definition) is 1. The Hall–Kier alpha value is -2.18. The Bertz CT molecular complexity index is 838. The van der Waals surface area contributed by atoms with Crippen molar-refractivity contribution >= 4 is 27.4 Å². The number of ether oxygens (including phenoxy) is 1. The Morgan fingerprint density at radius 2 is 1.92 bits per heavy atom. The zero-order chi connectivity index (χ0) is 17.3. The number of hydrogen-bond acceptors (Lipinski definition) is 6. The van der Waals surface area contributed by atoms with Crippen molar-refractivity contribution in [1.82, 2.24) is 9.97 Å². The fraction of sp³-hybridized carbons (Fsp3) is 0.333. The number of rotatable bonds is 5. The molecule has 0 aliphatic heterocycles. The number of fused-ring (bicyclic) bond motifs is 1. The van der Waals surface area contributed by atoms with Gasteiger partial charge in [-0.3, -0.25) is 0 Å². The second-order valence-corrected chi connectivity index (χ2v) is 7.28. The normalized spacial score (nSPS) is 11.7. The molecule has 2 heterocycles. The Morgan fingerprint density at radius 1 is 1.21 bits per heavy atom. The molecule has 3 aromatic rings. The fourth-order valence-electron chi connectivity index (χ4n) is 2.79. The second kappa shape index (κ2) is 6.37. The molecule has 0 atom stereocenters. The molecule has 0 saturated carbocycles. The summed E-state index contributed by atoms with van der Waals surface area (Å²) in [5, 5.41) is 13.2. The summed E-state index contributed by atoms with van der Waals surface area (Å²) in [5.41, 5.74) is 1.38. The van der Waals surface area contributed by atoms with Crippen molar-refractivity contribution in [3.05, 3.63) is 36.0 Å². The van der Waals surface area contributed by atoms with Gasteiger partial charge in [0.15, 0.2) is 0 Å². The van der Waals surface area contributed by atoms with Crippen LogP contribution in [0.1, 0.15) is 13.8 Å². The minimum Gasteiger partial charge on any atom is -0.497 e. The molecule has 0 fully saturated rings. The monoisotopic (exact) mass is 343 g/mol. The van der Waals surface area contributed by atoms with Crippen LogP contribution in [0, 0.1) is 0 Å². The average molecular weight is 343 g/mol. The summed E-state index contributed by atoms with van der Waals surface area (Å²) < 4.78 is 5.23. The summed E-state index contributed by atoms with van der Waals surface area (Å²) in [4.78, 5) is 11.8. The number of likely N-dealkylation sites (N-methyl/N-ethyl adjacent to an activating group) is 1. The van der Waals surface area contributed by atoms with Gasteiger partial charge in [0.1, 0.15) is 22.7 Å². The van der Waals surface area contributed by atoms with Crippen LogP contribution >= 0.6 is 11.3 Å². The molecule has 0 aliphatic carbocycles. The fourth-order valence-corrected chi connectivity index (χ4v) is 3.70. The third kappa shape index (κ3) is 3.34. The second-order valence-electron chi connectivity index (χ2n) is 6.42. The van der Waals surface area contributed by atoms with Crippen molar-refractivity contribution in [2.45, 2.75) is 19.4 Å². The highest BCUT2D eigenvalue weighted by molar-refractivity contribution is 7.17. The summed E-state index contributed by atoms with van der Waals surface area (Å²) in [5.74, 6) is 1.66. The van der Waals surface area contributed by atoms with Crippen molar-refractivity contribution in [2.75, 3.05) is 25.6 Å². The molecule has 24 heavy (non-hydrogen) atoms. The highest BCUT2D eigenvalue weighted by atomic mass is 32.1. The summed E-state index contributed by atoms with van der Waals surface area (Å²) in [6.07, 6.45) is 1.58. The Balaban J connectivity index is 2.09. The number of benzene rings is 1. The quantitative estimate of drug-likeness (QED) is 0.767. The lowest BCUT2D eigenvalue weighted by Crippen LogP contribution is -2.36. The maximum Gasteiger partial charge on any atom is 0.141 e. The summed E-state index contributed by atoms with van der Waals surface area (Å²) in [6, 6.07) is 7.96. The molecule has 1 aromatic carbocycles. The number of aliphatic hydroxyl groups is 1. The van der Waals surface area contributed by atoms with E-state index in [1.54, 1.807) is 38.6 Å². The molecule has 126 valence electrons. The molecule has 0 aliphatic rings. The molecule has 6 heteroatoms. The number of nitrogens with zero attached hydrogens (tertiary/aromatic N) is 3. The molecule has 0 radical (unpaired) electrons. The van der Waals surface area contributed by atoms with E-state index >= 15 is 0 Å². The van der Waals surface area contributed by atoms with Gasteiger partial charge >= 0.3 is 0 Å². The van der Waals surface area contributed by atoms with E-state index in [1.165, 1.54) is 0 Å². The van der Waals surface area contributed by atoms with Crippen molar-refractivity contribution in [1.29, 1.82) is 0 Å². The van der Waals surface area contributed by atoms with E-state index in [1.807, 2.05) is 36.2 Å². The number of aromatic nitrogens is 2. The van der Waals surface area contributed by atoms with Gasteiger partial charge in [0.05, 0.1) is 18.1 Å². The molecule has 2 aromatic heterocycles. The van der Waals surface area contributed by atoms with Gasteiger partial charge < -0.3 is 14.7 Å². The van der Waals surface area contributed by atoms with E-state index in [-0.39, 0.29) is 0 Å². The predicted octanol–water partition coefficient (Wildman–Crippen LogP) is 3.57. The lowest BCUT2D eigenvalue weighted by molar-refractivity contribution is 0.0885. The van der Waals surface area contributed by atoms with Gasteiger partial charge in [-0.05, 0) is 31.5 Å². The first-order chi connectivity index (χ1) is 11.4. The van der Waals surface area contributed by atoms with Crippen LogP contribution in [0.5, 0.6) is 5.75 Å². The molecule has 1 N–H and O–H groups in total. The molecule has 5 nitrogen and oxygen atoms in total. The van der Waals surface area contributed by atoms with E-state index < -0.39 is 5.60 Å². The predicted molar refractivity (Wildman–Crippen MR) is 99.0 cm³/mol. The van der Waals surface area contributed by atoms with Crippen molar-refractivity contribution in [3.63, 3.8) is 0 Å². The van der Waals surface area contributed by atoms with Crippen LogP contribution in [0.2, 0.25) is 0 Å². The first-order valence-electron chi connectivity index (χ1n) is 7.69. The van der Waals surface area contributed by atoms with Crippen LogP contribution in [0.3, 0.4) is 0 Å². The highest BCUT2D eigenvalue weighted by Gasteiger charge is 2.21. The van der Waals surface area contributed by atoms with Crippen LogP contribution in [0.4, 0.5) is 5.82 Å². The average Bonchev–Trinajstić information content (AvgIpc) is 2.97. The molecule has 3 rings (SSSR count). The van der Waals surface area contributed by atoms with Crippen LogP contribution in [0.15, 0.2) is 36.0 Å². The first-order valence-corrected chi connectivity index (χ1v) is 8.57. The van der Waals surface area contributed by atoms with E-state index in [9.17, 15) is 5.11 Å². The van der Waals surface area contributed by atoms with Crippen molar-refractivity contribution in [2.24, 2.45) is 0 Å². The largest absolute Gasteiger partial charge is 0.497 e. The van der Waals surface area contributed by atoms with Gasteiger partial charge in [0.2, 0.25) is 0 Å². The van der Waals surface area contributed by atoms with Gasteiger partial charge in [-0.1, -0.05) is 12.1 Å². The molecule has 0 saturated heterocycles. The SMILES string of the molecule is COc1ccc(-c2csc3ncnc(N(C)CC(C)(C)O)c23)cc1. The summed E-state index contributed by atoms with van der Waals surface area (Å²) in [6.45, 7) is 4.07. The topological polar surface area (TPSA) is 58.5 Å². The Kier molecular flexibility index (Phi) is 4.43. The molecule has 0 spiro atoms. The lowest BCUT2D eigenvalue weighted by Gasteiger charge is -2.27. The number of thiophene rings is 1. The van der Waals surface area contributed by atoms with Gasteiger partial charge in [0.25, 0.3) is 0 Å². The van der Waals surface area contributed by atoms with E-state index in [2.05, 4.69) is 15.3 Å². The minimum absolute atomic E-state index is 0.483. The van der Waals surface area contributed by atoms with Crippen molar-refractivity contribution < 1.29 is 9.84 Å². The van der Waals surface area contributed by atoms with Crippen LogP contribution in [0.25, 0.3) is 21.3 Å². The molecule has 0 amide bonds. The van der Waals surface area contributed by atoms with Gasteiger partial charge in [-0.2, -0.15) is 0 Å². The maximum absolute atomic E-state index is 10.1. The third-order valence-corrected chi connectivity index (χ3v) is 4.62. The van der Waals surface area contributed by atoms with Crippen LogP contribution in [-0.2, 0) is 0 Å². The molecule has 0 bridgehead atoms. The zero-order valence-corrected chi connectivity index (χ0v) is 15.1. The molecular weight excluding hydrogens is 322 g/mol. The smallest absolute Gasteiger partial charge is 0.141 e. The van der Waals surface area contributed by atoms with E-state index in [0.717, 1.165) is 32.9 Å². The zero-order valence-electron chi connectivity index (χ0n) is 14.3. The van der Waals surface area contributed by atoms with Gasteiger partial charge in [-0.15, -0.1) is 11.3 Å². The first kappa shape index (κ1) is 16.7. The van der Waals surface area contributed by atoms with Crippen LogP contribution in [-0.4, -0.2) is 41.4 Å². The highest BCUT2D eigenvalue weighted by Crippen LogP contribution is 2.38. The number of anilines is 1. The summed E-state index contributed by atoms with van der Waals surface area (Å²) in [7, 11) is 3.60. The summed E-state index contributed by atoms with van der Waals surface area (Å²) >= 11 is 1.60. The van der Waals surface area contributed by atoms with Gasteiger partial charge in [-0.25, -0.2) is 9.97 Å². The molecular formula is C18H21N3O2S. The number of methoxy groups -OCH3 is 1.